The average molecular weight is 952 g/mol. The smallest absolute Gasteiger partial charge is 0.245 e. The van der Waals surface area contributed by atoms with Crippen molar-refractivity contribution in [2.24, 2.45) is 5.92 Å². The second kappa shape index (κ2) is 29.5. The molecule has 68 heavy (non-hydrogen) atoms. The Morgan fingerprint density at radius 1 is 0.706 bits per heavy atom. The Morgan fingerprint density at radius 2 is 1.26 bits per heavy atom. The third kappa shape index (κ3) is 17.6. The van der Waals surface area contributed by atoms with Crippen LogP contribution in [0.2, 0.25) is 0 Å². The van der Waals surface area contributed by atoms with Crippen molar-refractivity contribution in [3.63, 3.8) is 0 Å². The van der Waals surface area contributed by atoms with Crippen LogP contribution in [0.15, 0.2) is 36.4 Å². The molecule has 0 fully saturated rings. The zero-order valence-corrected chi connectivity index (χ0v) is 40.8. The number of aromatic hydroxyl groups is 2. The minimum Gasteiger partial charge on any atom is -0.507 e. The van der Waals surface area contributed by atoms with Crippen LogP contribution < -0.4 is 16.0 Å². The number of phenols is 2. The molecular weight excluding hydrogens is 875 g/mol. The summed E-state index contributed by atoms with van der Waals surface area (Å²) in [4.78, 5) is 96.8. The van der Waals surface area contributed by atoms with Crippen LogP contribution in [-0.2, 0) is 40.0 Å². The molecule has 378 valence electrons. The summed E-state index contributed by atoms with van der Waals surface area (Å²) < 4.78 is 0. The van der Waals surface area contributed by atoms with Gasteiger partial charge in [-0.05, 0) is 48.7 Å². The summed E-state index contributed by atoms with van der Waals surface area (Å²) in [5, 5.41) is 58.9. The molecule has 0 spiro atoms. The number of nitrogens with zero attached hydrogens (tertiary/aromatic N) is 2. The normalized spacial score (nSPS) is 17.1. The number of fused-ring (bicyclic) bond motifs is 5. The van der Waals surface area contributed by atoms with Gasteiger partial charge in [0.2, 0.25) is 29.5 Å². The maximum absolute atomic E-state index is 14.2. The largest absolute Gasteiger partial charge is 0.507 e. The van der Waals surface area contributed by atoms with Gasteiger partial charge < -0.3 is 51.3 Å². The van der Waals surface area contributed by atoms with E-state index in [9.17, 15) is 59.1 Å². The highest BCUT2D eigenvalue weighted by molar-refractivity contribution is 5.97. The molecule has 17 nitrogen and oxygen atoms in total. The fourth-order valence-electron chi connectivity index (χ4n) is 8.39. The summed E-state index contributed by atoms with van der Waals surface area (Å²) in [6.07, 6.45) is 14.1. The number of benzene rings is 2. The van der Waals surface area contributed by atoms with Crippen molar-refractivity contribution in [1.29, 1.82) is 0 Å². The minimum absolute atomic E-state index is 0.101. The summed E-state index contributed by atoms with van der Waals surface area (Å²) in [7, 11) is 2.79. The van der Waals surface area contributed by atoms with Gasteiger partial charge in [-0.2, -0.15) is 0 Å². The molecule has 5 atom stereocenters. The third-order valence-corrected chi connectivity index (χ3v) is 12.8. The Bertz CT molecular complexity index is 1990. The molecule has 0 unspecified atom stereocenters. The van der Waals surface area contributed by atoms with E-state index < -0.39 is 97.6 Å². The molecule has 17 heteroatoms. The average Bonchev–Trinajstić information content (AvgIpc) is 3.31. The van der Waals surface area contributed by atoms with E-state index >= 15 is 0 Å². The topological polar surface area (TPSA) is 263 Å². The number of ketones is 2. The van der Waals surface area contributed by atoms with E-state index in [-0.39, 0.29) is 59.8 Å². The number of Topliss-reactive ketones (excluding diaryl/α,β-unsaturated/α-hetero) is 2. The van der Waals surface area contributed by atoms with Crippen molar-refractivity contribution in [3.05, 3.63) is 47.5 Å². The molecule has 0 saturated carbocycles. The highest BCUT2D eigenvalue weighted by atomic mass is 16.3. The van der Waals surface area contributed by atoms with Gasteiger partial charge in [0.05, 0.1) is 31.9 Å². The van der Waals surface area contributed by atoms with E-state index in [0.717, 1.165) is 24.2 Å². The summed E-state index contributed by atoms with van der Waals surface area (Å²) >= 11 is 0. The number of rotatable bonds is 27. The molecule has 0 aliphatic carbocycles. The van der Waals surface area contributed by atoms with Crippen molar-refractivity contribution in [2.45, 2.75) is 167 Å². The van der Waals surface area contributed by atoms with Crippen molar-refractivity contribution >= 4 is 41.1 Å². The van der Waals surface area contributed by atoms with Gasteiger partial charge in [0.1, 0.15) is 29.6 Å². The number of hydrogen-bond acceptors (Lipinski definition) is 12. The lowest BCUT2D eigenvalue weighted by atomic mass is 9.89. The first kappa shape index (κ1) is 56.9. The molecule has 5 amide bonds. The van der Waals surface area contributed by atoms with Gasteiger partial charge in [0.25, 0.3) is 0 Å². The van der Waals surface area contributed by atoms with Gasteiger partial charge in [0.15, 0.2) is 11.6 Å². The molecule has 4 bridgehead atoms. The molecular formula is C51H77N5O12. The maximum Gasteiger partial charge on any atom is 0.245 e. The highest BCUT2D eigenvalue weighted by Crippen LogP contribution is 2.39. The molecule has 1 aliphatic rings. The Morgan fingerprint density at radius 3 is 1.84 bits per heavy atom. The highest BCUT2D eigenvalue weighted by Gasteiger charge is 2.34. The summed E-state index contributed by atoms with van der Waals surface area (Å²) in [5.41, 5.74) is 0.917. The Hall–Kier alpha value is -5.39. The van der Waals surface area contributed by atoms with E-state index in [2.05, 4.69) is 22.9 Å². The summed E-state index contributed by atoms with van der Waals surface area (Å²) in [6.45, 7) is 3.31. The predicted molar refractivity (Wildman–Crippen MR) is 257 cm³/mol. The molecule has 1 aliphatic heterocycles. The van der Waals surface area contributed by atoms with Crippen LogP contribution in [0.3, 0.4) is 0 Å². The Kier molecular flexibility index (Phi) is 24.7. The lowest BCUT2D eigenvalue weighted by Gasteiger charge is -2.30. The van der Waals surface area contributed by atoms with Crippen LogP contribution in [-0.4, -0.2) is 135 Å². The molecule has 0 saturated heterocycles. The first-order valence-corrected chi connectivity index (χ1v) is 24.4. The Balaban J connectivity index is 1.65. The van der Waals surface area contributed by atoms with Crippen LogP contribution in [0.5, 0.6) is 11.5 Å². The van der Waals surface area contributed by atoms with Gasteiger partial charge >= 0.3 is 0 Å². The van der Waals surface area contributed by atoms with Crippen molar-refractivity contribution in [3.8, 4) is 22.6 Å². The number of carbonyl (C=O) groups is 7. The number of amides is 5. The quantitative estimate of drug-likeness (QED) is 0.0575. The van der Waals surface area contributed by atoms with Crippen molar-refractivity contribution in [2.75, 3.05) is 33.9 Å². The van der Waals surface area contributed by atoms with Crippen LogP contribution in [0, 0.1) is 5.92 Å². The van der Waals surface area contributed by atoms with Crippen molar-refractivity contribution in [1.82, 2.24) is 25.8 Å². The SMILES string of the molecule is CCCCCCCCCCCCCCCC(=O)N(C)[C@H](CO)C(=O)N[C@H](C)C(=O)CCC(=O)N(C)[C@@H]1C(=O)C[C@@H](C)C(=O)N[C@H](C(=O)NC(CO)CO)Cc2ccc(O)c(c2)-c2cc1ccc2O. The van der Waals surface area contributed by atoms with Crippen LogP contribution in [0.25, 0.3) is 11.1 Å². The zero-order valence-electron chi connectivity index (χ0n) is 40.8. The van der Waals surface area contributed by atoms with Crippen LogP contribution in [0.1, 0.15) is 147 Å². The van der Waals surface area contributed by atoms with E-state index in [4.69, 9.17) is 0 Å². The first-order chi connectivity index (χ1) is 32.5. The molecule has 2 aromatic carbocycles. The molecule has 8 N–H and O–H groups in total. The monoisotopic (exact) mass is 952 g/mol. The van der Waals surface area contributed by atoms with E-state index in [1.54, 1.807) is 0 Å². The van der Waals surface area contributed by atoms with Gasteiger partial charge in [0, 0.05) is 63.2 Å². The van der Waals surface area contributed by atoms with Crippen molar-refractivity contribution < 1.29 is 59.1 Å². The second-order valence-corrected chi connectivity index (χ2v) is 18.3. The van der Waals surface area contributed by atoms with Gasteiger partial charge in [-0.1, -0.05) is 103 Å². The van der Waals surface area contributed by atoms with E-state index in [1.165, 1.54) is 127 Å². The van der Waals surface area contributed by atoms with Crippen LogP contribution >= 0.6 is 0 Å². The number of aliphatic hydroxyl groups excluding tert-OH is 3. The van der Waals surface area contributed by atoms with E-state index in [0.29, 0.717) is 12.0 Å². The lowest BCUT2D eigenvalue weighted by molar-refractivity contribution is -0.142. The van der Waals surface area contributed by atoms with Gasteiger partial charge in [-0.15, -0.1) is 0 Å². The standard InChI is InChI=1S/C51H77N5O12/c1-6-7-8-9-10-11-12-13-14-15-16-17-18-19-46(64)55(4)41(32-59)51(68)52-34(3)42(60)24-25-47(65)56(5)48-36-21-23-44(62)39(29-36)38-27-35(20-22-43(38)61)28-40(50(67)53-37(30-57)31-58)54-49(66)33(2)26-45(48)63/h20-23,27,29,33-34,37,40-41,48,57-59,61-62H,6-19,24-26,28,30-32H2,1-5H3,(H,52,68)(H,53,67)(H,54,66)/t33-,34-,40+,41-,48+/m1/s1. The first-order valence-electron chi connectivity index (χ1n) is 24.4. The third-order valence-electron chi connectivity index (χ3n) is 12.8. The van der Waals surface area contributed by atoms with Gasteiger partial charge in [-0.25, -0.2) is 0 Å². The van der Waals surface area contributed by atoms with Gasteiger partial charge in [-0.3, -0.25) is 33.6 Å². The minimum atomic E-state index is -1.34. The zero-order chi connectivity index (χ0) is 50.3. The molecule has 1 heterocycles. The lowest BCUT2D eigenvalue weighted by Crippen LogP contribution is -2.53. The molecule has 2 aromatic rings. The number of nitrogens with one attached hydrogen (secondary N) is 3. The maximum atomic E-state index is 14.2. The fraction of sp³-hybridized carbons (Fsp3) is 0.627. The fourth-order valence-corrected chi connectivity index (χ4v) is 8.39. The number of hydrogen-bond donors (Lipinski definition) is 8. The number of phenolic OH excluding ortho intramolecular Hbond substituents is 2. The molecule has 0 aromatic heterocycles. The van der Waals surface area contributed by atoms with Crippen LogP contribution in [0.4, 0.5) is 0 Å². The molecule has 3 rings (SSSR count). The Labute approximate surface area is 401 Å². The summed E-state index contributed by atoms with van der Waals surface area (Å²) in [5.74, 6) is -5.73. The second-order valence-electron chi connectivity index (χ2n) is 18.3. The number of aliphatic hydroxyl groups is 3. The number of carbonyl (C=O) groups excluding carboxylic acids is 7. The molecule has 0 radical (unpaired) electrons. The summed E-state index contributed by atoms with van der Waals surface area (Å²) in [6, 6.07) is 2.61. The number of unbranched alkanes of at least 4 members (excludes halogenated alkanes) is 12. The van der Waals surface area contributed by atoms with E-state index in [1.807, 2.05) is 0 Å². The predicted octanol–water partition coefficient (Wildman–Crippen LogP) is 4.52. The number of likely N-dealkylation sites (N-methyl/N-ethyl adjacent to an activating group) is 2.